The predicted molar refractivity (Wildman–Crippen MR) is 69.9 cm³/mol. The standard InChI is InChI=1S/C12H20ClN3O2/c1-3-16-11(12(13)9(2)15-16)7-14-6-10-8-17-4-5-18-10/h10,14H,3-8H2,1-2H3. The molecule has 18 heavy (non-hydrogen) atoms. The van der Waals surface area contributed by atoms with Crippen molar-refractivity contribution >= 4 is 11.6 Å². The third-order valence-electron chi connectivity index (χ3n) is 3.00. The monoisotopic (exact) mass is 273 g/mol. The highest BCUT2D eigenvalue weighted by molar-refractivity contribution is 6.31. The molecule has 0 spiro atoms. The molecule has 1 saturated heterocycles. The first-order valence-electron chi connectivity index (χ1n) is 6.34. The van der Waals surface area contributed by atoms with Gasteiger partial charge in [0.25, 0.3) is 0 Å². The summed E-state index contributed by atoms with van der Waals surface area (Å²) in [5, 5.41) is 8.49. The van der Waals surface area contributed by atoms with Gasteiger partial charge >= 0.3 is 0 Å². The number of rotatable bonds is 5. The smallest absolute Gasteiger partial charge is 0.0933 e. The Kier molecular flexibility index (Phi) is 5.00. The van der Waals surface area contributed by atoms with Gasteiger partial charge in [0.05, 0.1) is 42.3 Å². The van der Waals surface area contributed by atoms with Crippen LogP contribution >= 0.6 is 11.6 Å². The van der Waals surface area contributed by atoms with E-state index in [1.54, 1.807) is 0 Å². The first kappa shape index (κ1) is 13.8. The van der Waals surface area contributed by atoms with Crippen LogP contribution in [0.3, 0.4) is 0 Å². The van der Waals surface area contributed by atoms with Crippen molar-refractivity contribution in [2.75, 3.05) is 26.4 Å². The van der Waals surface area contributed by atoms with Crippen LogP contribution in [0.2, 0.25) is 5.02 Å². The van der Waals surface area contributed by atoms with Crippen LogP contribution in [-0.4, -0.2) is 42.2 Å². The summed E-state index contributed by atoms with van der Waals surface area (Å²) in [4.78, 5) is 0. The second-order valence-electron chi connectivity index (χ2n) is 4.36. The molecule has 1 aromatic rings. The van der Waals surface area contributed by atoms with Gasteiger partial charge < -0.3 is 14.8 Å². The topological polar surface area (TPSA) is 48.3 Å². The van der Waals surface area contributed by atoms with Crippen LogP contribution in [0.15, 0.2) is 0 Å². The molecule has 0 amide bonds. The number of nitrogens with one attached hydrogen (secondary N) is 1. The molecule has 5 nitrogen and oxygen atoms in total. The molecule has 1 N–H and O–H groups in total. The minimum absolute atomic E-state index is 0.136. The van der Waals surface area contributed by atoms with Crippen LogP contribution in [0, 0.1) is 6.92 Å². The molecule has 1 aromatic heterocycles. The van der Waals surface area contributed by atoms with E-state index in [9.17, 15) is 0 Å². The van der Waals surface area contributed by atoms with Crippen molar-refractivity contribution in [3.8, 4) is 0 Å². The summed E-state index contributed by atoms with van der Waals surface area (Å²) >= 11 is 6.23. The largest absolute Gasteiger partial charge is 0.376 e. The Hall–Kier alpha value is -0.620. The molecule has 1 atom stereocenters. The number of aromatic nitrogens is 2. The van der Waals surface area contributed by atoms with E-state index in [2.05, 4.69) is 17.3 Å². The summed E-state index contributed by atoms with van der Waals surface area (Å²) < 4.78 is 12.8. The van der Waals surface area contributed by atoms with Gasteiger partial charge in [0.2, 0.25) is 0 Å². The highest BCUT2D eigenvalue weighted by atomic mass is 35.5. The quantitative estimate of drug-likeness (QED) is 0.880. The minimum atomic E-state index is 0.136. The second-order valence-corrected chi connectivity index (χ2v) is 4.74. The SMILES string of the molecule is CCn1nc(C)c(Cl)c1CNCC1COCCO1. The molecule has 2 heterocycles. The van der Waals surface area contributed by atoms with Gasteiger partial charge in [0, 0.05) is 19.6 Å². The Morgan fingerprint density at radius 3 is 3.00 bits per heavy atom. The molecular formula is C12H20ClN3O2. The summed E-state index contributed by atoms with van der Waals surface area (Å²) in [5.74, 6) is 0. The normalized spacial score (nSPS) is 20.3. The molecule has 1 fully saturated rings. The van der Waals surface area contributed by atoms with Gasteiger partial charge in [0.15, 0.2) is 0 Å². The van der Waals surface area contributed by atoms with Gasteiger partial charge in [-0.05, 0) is 13.8 Å². The lowest BCUT2D eigenvalue weighted by Crippen LogP contribution is -2.37. The van der Waals surface area contributed by atoms with E-state index in [-0.39, 0.29) is 6.10 Å². The van der Waals surface area contributed by atoms with Gasteiger partial charge in [-0.25, -0.2) is 0 Å². The fraction of sp³-hybridized carbons (Fsp3) is 0.750. The van der Waals surface area contributed by atoms with Crippen LogP contribution in [0.25, 0.3) is 0 Å². The maximum atomic E-state index is 6.23. The Morgan fingerprint density at radius 1 is 1.50 bits per heavy atom. The van der Waals surface area contributed by atoms with E-state index in [1.165, 1.54) is 0 Å². The molecular weight excluding hydrogens is 254 g/mol. The summed E-state index contributed by atoms with van der Waals surface area (Å²) in [5.41, 5.74) is 1.92. The minimum Gasteiger partial charge on any atom is -0.376 e. The van der Waals surface area contributed by atoms with Crippen molar-refractivity contribution in [3.05, 3.63) is 16.4 Å². The lowest BCUT2D eigenvalue weighted by Gasteiger charge is -2.23. The third-order valence-corrected chi connectivity index (χ3v) is 3.49. The summed E-state index contributed by atoms with van der Waals surface area (Å²) in [6.07, 6.45) is 0.136. The van der Waals surface area contributed by atoms with E-state index in [1.807, 2.05) is 11.6 Å². The maximum Gasteiger partial charge on any atom is 0.0933 e. The molecule has 2 rings (SSSR count). The highest BCUT2D eigenvalue weighted by Crippen LogP contribution is 2.19. The lowest BCUT2D eigenvalue weighted by molar-refractivity contribution is -0.0864. The van der Waals surface area contributed by atoms with Crippen LogP contribution in [0.1, 0.15) is 18.3 Å². The molecule has 0 radical (unpaired) electrons. The van der Waals surface area contributed by atoms with Gasteiger partial charge in [0.1, 0.15) is 0 Å². The van der Waals surface area contributed by atoms with Gasteiger partial charge in [-0.3, -0.25) is 4.68 Å². The van der Waals surface area contributed by atoms with Crippen molar-refractivity contribution in [2.24, 2.45) is 0 Å². The van der Waals surface area contributed by atoms with Crippen LogP contribution in [0.4, 0.5) is 0 Å². The zero-order valence-corrected chi connectivity index (χ0v) is 11.7. The van der Waals surface area contributed by atoms with Crippen molar-refractivity contribution in [2.45, 2.75) is 33.0 Å². The van der Waals surface area contributed by atoms with Gasteiger partial charge in [-0.15, -0.1) is 0 Å². The molecule has 0 aromatic carbocycles. The molecule has 1 aliphatic rings. The fourth-order valence-corrected chi connectivity index (χ4v) is 2.25. The van der Waals surface area contributed by atoms with Crippen molar-refractivity contribution in [1.82, 2.24) is 15.1 Å². The molecule has 6 heteroatoms. The number of hydrogen-bond acceptors (Lipinski definition) is 4. The van der Waals surface area contributed by atoms with E-state index >= 15 is 0 Å². The number of halogens is 1. The number of hydrogen-bond donors (Lipinski definition) is 1. The van der Waals surface area contributed by atoms with Crippen LogP contribution < -0.4 is 5.32 Å². The molecule has 102 valence electrons. The van der Waals surface area contributed by atoms with E-state index < -0.39 is 0 Å². The van der Waals surface area contributed by atoms with E-state index in [0.29, 0.717) is 26.4 Å². The van der Waals surface area contributed by atoms with Crippen molar-refractivity contribution in [1.29, 1.82) is 0 Å². The van der Waals surface area contributed by atoms with E-state index in [0.717, 1.165) is 29.5 Å². The Bertz CT molecular complexity index is 389. The van der Waals surface area contributed by atoms with Crippen LogP contribution in [-0.2, 0) is 22.6 Å². The average molecular weight is 274 g/mol. The lowest BCUT2D eigenvalue weighted by atomic mass is 10.3. The first-order valence-corrected chi connectivity index (χ1v) is 6.72. The summed E-state index contributed by atoms with van der Waals surface area (Å²) in [7, 11) is 0. The average Bonchev–Trinajstić information content (AvgIpc) is 2.67. The molecule has 0 aliphatic carbocycles. The summed E-state index contributed by atoms with van der Waals surface area (Å²) in [6, 6.07) is 0. The predicted octanol–water partition coefficient (Wildman–Crippen LogP) is 1.37. The maximum absolute atomic E-state index is 6.23. The van der Waals surface area contributed by atoms with Crippen molar-refractivity contribution < 1.29 is 9.47 Å². The number of ether oxygens (including phenoxy) is 2. The Labute approximate surface area is 112 Å². The fourth-order valence-electron chi connectivity index (χ4n) is 2.04. The molecule has 1 aliphatic heterocycles. The third kappa shape index (κ3) is 3.23. The number of nitrogens with zero attached hydrogens (tertiary/aromatic N) is 2. The highest BCUT2D eigenvalue weighted by Gasteiger charge is 2.15. The zero-order chi connectivity index (χ0) is 13.0. The zero-order valence-electron chi connectivity index (χ0n) is 10.9. The van der Waals surface area contributed by atoms with Gasteiger partial charge in [-0.2, -0.15) is 5.10 Å². The number of aryl methyl sites for hydroxylation is 2. The second kappa shape index (κ2) is 6.52. The Morgan fingerprint density at radius 2 is 2.33 bits per heavy atom. The summed E-state index contributed by atoms with van der Waals surface area (Å²) in [6.45, 7) is 8.32. The Balaban J connectivity index is 1.85. The molecule has 1 unspecified atom stereocenters. The molecule has 0 saturated carbocycles. The first-order chi connectivity index (χ1) is 8.72. The van der Waals surface area contributed by atoms with E-state index in [4.69, 9.17) is 21.1 Å². The van der Waals surface area contributed by atoms with Crippen molar-refractivity contribution in [3.63, 3.8) is 0 Å². The van der Waals surface area contributed by atoms with Gasteiger partial charge in [-0.1, -0.05) is 11.6 Å². The molecule has 0 bridgehead atoms. The van der Waals surface area contributed by atoms with Crippen LogP contribution in [0.5, 0.6) is 0 Å².